The molecule has 0 N–H and O–H groups in total. The van der Waals surface area contributed by atoms with Crippen LogP contribution in [0, 0.1) is 0 Å². The normalized spacial score (nSPS) is 15.1. The zero-order valence-electron chi connectivity index (χ0n) is 15.3. The number of hydrogen-bond donors (Lipinski definition) is 0. The molecule has 3 nitrogen and oxygen atoms in total. The van der Waals surface area contributed by atoms with Gasteiger partial charge in [-0.1, -0.05) is 60.7 Å². The van der Waals surface area contributed by atoms with Gasteiger partial charge < -0.3 is 14.2 Å². The zero-order chi connectivity index (χ0) is 18.5. The molecule has 4 rings (SSSR count). The van der Waals surface area contributed by atoms with Gasteiger partial charge in [0.05, 0.1) is 20.3 Å². The van der Waals surface area contributed by atoms with Crippen molar-refractivity contribution in [1.82, 2.24) is 0 Å². The Morgan fingerprint density at radius 1 is 0.852 bits per heavy atom. The number of ether oxygens (including phenoxy) is 3. The minimum absolute atomic E-state index is 0.0966. The number of hydrogen-bond acceptors (Lipinski definition) is 3. The third-order valence-electron chi connectivity index (χ3n) is 4.67. The van der Waals surface area contributed by atoms with Crippen molar-refractivity contribution in [1.29, 1.82) is 0 Å². The van der Waals surface area contributed by atoms with Crippen molar-refractivity contribution >= 4 is 6.08 Å². The van der Waals surface area contributed by atoms with E-state index in [-0.39, 0.29) is 6.10 Å². The molecule has 0 bridgehead atoms. The Morgan fingerprint density at radius 3 is 2.48 bits per heavy atom. The third kappa shape index (κ3) is 4.04. The lowest BCUT2D eigenvalue weighted by molar-refractivity contribution is 0.105. The molecule has 0 spiro atoms. The first-order valence-corrected chi connectivity index (χ1v) is 9.06. The molecule has 1 aliphatic heterocycles. The molecule has 1 aliphatic rings. The maximum atomic E-state index is 6.19. The Balaban J connectivity index is 1.44. The highest BCUT2D eigenvalue weighted by Gasteiger charge is 2.18. The van der Waals surface area contributed by atoms with E-state index in [2.05, 4.69) is 30.4 Å². The van der Waals surface area contributed by atoms with E-state index in [1.165, 1.54) is 0 Å². The Bertz CT molecular complexity index is 928. The smallest absolute Gasteiger partial charge is 0.143 e. The molecule has 0 radical (unpaired) electrons. The number of methoxy groups -OCH3 is 1. The van der Waals surface area contributed by atoms with E-state index < -0.39 is 0 Å². The molecule has 0 saturated carbocycles. The fourth-order valence-corrected chi connectivity index (χ4v) is 3.20. The number of fused-ring (bicyclic) bond motifs is 1. The topological polar surface area (TPSA) is 27.7 Å². The summed E-state index contributed by atoms with van der Waals surface area (Å²) >= 11 is 0. The molecule has 0 aromatic heterocycles. The third-order valence-corrected chi connectivity index (χ3v) is 4.67. The van der Waals surface area contributed by atoms with Gasteiger partial charge in [0.15, 0.2) is 0 Å². The minimum atomic E-state index is -0.0966. The van der Waals surface area contributed by atoms with Crippen molar-refractivity contribution in [2.75, 3.05) is 7.11 Å². The highest BCUT2D eigenvalue weighted by Crippen LogP contribution is 2.33. The van der Waals surface area contributed by atoms with Crippen LogP contribution in [0.3, 0.4) is 0 Å². The van der Waals surface area contributed by atoms with Crippen LogP contribution in [0.4, 0.5) is 0 Å². The van der Waals surface area contributed by atoms with Crippen LogP contribution in [0.1, 0.15) is 28.4 Å². The average molecular weight is 358 g/mol. The number of para-hydroxylation sites is 1. The molecule has 3 aromatic rings. The maximum absolute atomic E-state index is 6.19. The fraction of sp³-hybridized carbons (Fsp3) is 0.167. The largest absolute Gasteiger partial charge is 0.497 e. The van der Waals surface area contributed by atoms with Crippen LogP contribution in [0.25, 0.3) is 6.08 Å². The first-order valence-electron chi connectivity index (χ1n) is 9.06. The van der Waals surface area contributed by atoms with Gasteiger partial charge in [0, 0.05) is 11.1 Å². The lowest BCUT2D eigenvalue weighted by Gasteiger charge is -2.23. The van der Waals surface area contributed by atoms with Gasteiger partial charge in [0.25, 0.3) is 0 Å². The summed E-state index contributed by atoms with van der Waals surface area (Å²) in [5, 5.41) is 0. The quantitative estimate of drug-likeness (QED) is 0.577. The SMILES string of the molecule is COc1ccc(COCc2ccccc2C2C=Cc3ccccc3O2)cc1. The van der Waals surface area contributed by atoms with Crippen molar-refractivity contribution in [3.05, 3.63) is 101 Å². The van der Waals surface area contributed by atoms with Crippen LogP contribution in [-0.4, -0.2) is 7.11 Å². The van der Waals surface area contributed by atoms with Crippen LogP contribution >= 0.6 is 0 Å². The predicted molar refractivity (Wildman–Crippen MR) is 107 cm³/mol. The second-order valence-corrected chi connectivity index (χ2v) is 6.48. The first kappa shape index (κ1) is 17.4. The van der Waals surface area contributed by atoms with Gasteiger partial charge in [-0.25, -0.2) is 0 Å². The van der Waals surface area contributed by atoms with Gasteiger partial charge in [-0.05, 0) is 35.4 Å². The van der Waals surface area contributed by atoms with Crippen LogP contribution < -0.4 is 9.47 Å². The zero-order valence-corrected chi connectivity index (χ0v) is 15.3. The van der Waals surface area contributed by atoms with Gasteiger partial charge in [-0.2, -0.15) is 0 Å². The van der Waals surface area contributed by atoms with E-state index in [9.17, 15) is 0 Å². The van der Waals surface area contributed by atoms with Crippen molar-refractivity contribution in [3.8, 4) is 11.5 Å². The van der Waals surface area contributed by atoms with Gasteiger partial charge in [0.2, 0.25) is 0 Å². The highest BCUT2D eigenvalue weighted by molar-refractivity contribution is 5.60. The molecule has 0 fully saturated rings. The van der Waals surface area contributed by atoms with Crippen LogP contribution in [-0.2, 0) is 18.0 Å². The lowest BCUT2D eigenvalue weighted by Crippen LogP contribution is -2.11. The molecular formula is C24H22O3. The van der Waals surface area contributed by atoms with E-state index in [1.54, 1.807) is 7.11 Å². The molecule has 27 heavy (non-hydrogen) atoms. The molecule has 0 amide bonds. The van der Waals surface area contributed by atoms with E-state index in [4.69, 9.17) is 14.2 Å². The summed E-state index contributed by atoms with van der Waals surface area (Å²) in [4.78, 5) is 0. The molecule has 0 aliphatic carbocycles. The molecule has 3 aromatic carbocycles. The molecular weight excluding hydrogens is 336 g/mol. The van der Waals surface area contributed by atoms with E-state index in [1.807, 2.05) is 54.6 Å². The van der Waals surface area contributed by atoms with Crippen molar-refractivity contribution in [2.24, 2.45) is 0 Å². The maximum Gasteiger partial charge on any atom is 0.143 e. The van der Waals surface area contributed by atoms with Crippen LogP contribution in [0.5, 0.6) is 11.5 Å². The summed E-state index contributed by atoms with van der Waals surface area (Å²) in [7, 11) is 1.67. The summed E-state index contributed by atoms with van der Waals surface area (Å²) in [6, 6.07) is 24.3. The van der Waals surface area contributed by atoms with Crippen molar-refractivity contribution < 1.29 is 14.2 Å². The first-order chi connectivity index (χ1) is 13.3. The molecule has 3 heteroatoms. The Kier molecular flexibility index (Phi) is 5.22. The Labute approximate surface area is 159 Å². The van der Waals surface area contributed by atoms with Crippen LogP contribution in [0.15, 0.2) is 78.9 Å². The van der Waals surface area contributed by atoms with E-state index >= 15 is 0 Å². The summed E-state index contributed by atoms with van der Waals surface area (Å²) in [5.41, 5.74) is 4.51. The molecule has 1 unspecified atom stereocenters. The second-order valence-electron chi connectivity index (χ2n) is 6.48. The molecule has 1 atom stereocenters. The Morgan fingerprint density at radius 2 is 1.63 bits per heavy atom. The fourth-order valence-electron chi connectivity index (χ4n) is 3.20. The second kappa shape index (κ2) is 8.11. The predicted octanol–water partition coefficient (Wildman–Crippen LogP) is 5.56. The lowest BCUT2D eigenvalue weighted by atomic mass is 9.99. The standard InChI is InChI=1S/C24H22O3/c1-25-21-13-10-18(11-14-21)16-26-17-20-7-2-4-8-22(20)24-15-12-19-6-3-5-9-23(19)27-24/h2-15,24H,16-17H2,1H3. The van der Waals surface area contributed by atoms with Gasteiger partial charge in [0.1, 0.15) is 17.6 Å². The Hall–Kier alpha value is -3.04. The number of benzene rings is 3. The monoisotopic (exact) mass is 358 g/mol. The summed E-state index contributed by atoms with van der Waals surface area (Å²) in [6.45, 7) is 1.10. The summed E-state index contributed by atoms with van der Waals surface area (Å²) in [6.07, 6.45) is 4.13. The van der Waals surface area contributed by atoms with Crippen LogP contribution in [0.2, 0.25) is 0 Å². The minimum Gasteiger partial charge on any atom is -0.497 e. The molecule has 1 heterocycles. The molecule has 0 saturated heterocycles. The van der Waals surface area contributed by atoms with E-state index in [0.29, 0.717) is 13.2 Å². The summed E-state index contributed by atoms with van der Waals surface area (Å²) in [5.74, 6) is 1.77. The van der Waals surface area contributed by atoms with Crippen molar-refractivity contribution in [2.45, 2.75) is 19.3 Å². The molecule has 136 valence electrons. The summed E-state index contributed by atoms with van der Waals surface area (Å²) < 4.78 is 17.3. The average Bonchev–Trinajstić information content (AvgIpc) is 2.74. The van der Waals surface area contributed by atoms with E-state index in [0.717, 1.165) is 33.8 Å². The van der Waals surface area contributed by atoms with Gasteiger partial charge >= 0.3 is 0 Å². The van der Waals surface area contributed by atoms with Crippen molar-refractivity contribution in [3.63, 3.8) is 0 Å². The van der Waals surface area contributed by atoms with Gasteiger partial charge in [-0.3, -0.25) is 0 Å². The number of rotatable bonds is 6. The highest BCUT2D eigenvalue weighted by atomic mass is 16.5. The van der Waals surface area contributed by atoms with Gasteiger partial charge in [-0.15, -0.1) is 0 Å².